The lowest BCUT2D eigenvalue weighted by atomic mass is 10.1. The number of amides is 1. The second-order valence-electron chi connectivity index (χ2n) is 6.17. The lowest BCUT2D eigenvalue weighted by Crippen LogP contribution is -2.16. The summed E-state index contributed by atoms with van der Waals surface area (Å²) < 4.78 is 11.3. The van der Waals surface area contributed by atoms with Crippen LogP contribution in [0.5, 0.6) is 5.75 Å². The molecule has 0 saturated heterocycles. The van der Waals surface area contributed by atoms with Crippen molar-refractivity contribution in [2.45, 2.75) is 31.8 Å². The van der Waals surface area contributed by atoms with E-state index in [-0.39, 0.29) is 24.0 Å². The third kappa shape index (κ3) is 4.61. The first-order valence-corrected chi connectivity index (χ1v) is 8.61. The molecule has 0 heterocycles. The third-order valence-electron chi connectivity index (χ3n) is 4.33. The first kappa shape index (κ1) is 17.9. The molecule has 2 aromatic rings. The van der Waals surface area contributed by atoms with E-state index in [1.54, 1.807) is 36.4 Å². The van der Waals surface area contributed by atoms with Crippen molar-refractivity contribution < 1.29 is 24.2 Å². The quantitative estimate of drug-likeness (QED) is 0.735. The van der Waals surface area contributed by atoms with Gasteiger partial charge in [-0.15, -0.1) is 0 Å². The number of anilines is 1. The van der Waals surface area contributed by atoms with Crippen LogP contribution in [0.4, 0.5) is 5.69 Å². The summed E-state index contributed by atoms with van der Waals surface area (Å²) in [7, 11) is 0. The number of benzene rings is 2. The predicted molar refractivity (Wildman–Crippen MR) is 96.6 cm³/mol. The van der Waals surface area contributed by atoms with E-state index in [0.717, 1.165) is 12.8 Å². The Labute approximate surface area is 151 Å². The third-order valence-corrected chi connectivity index (χ3v) is 4.33. The van der Waals surface area contributed by atoms with Gasteiger partial charge in [-0.25, -0.2) is 4.79 Å². The van der Waals surface area contributed by atoms with Crippen molar-refractivity contribution in [3.05, 3.63) is 59.7 Å². The number of rotatable bonds is 7. The summed E-state index contributed by atoms with van der Waals surface area (Å²) in [5.74, 6) is -1.05. The van der Waals surface area contributed by atoms with Crippen molar-refractivity contribution in [3.8, 4) is 5.75 Å². The lowest BCUT2D eigenvalue weighted by molar-refractivity contribution is -0.0324. The zero-order valence-corrected chi connectivity index (χ0v) is 14.3. The molecular weight excluding hydrogens is 334 g/mol. The van der Waals surface area contributed by atoms with Crippen molar-refractivity contribution in [1.29, 1.82) is 0 Å². The van der Waals surface area contributed by atoms with Gasteiger partial charge in [0.05, 0.1) is 17.2 Å². The summed E-state index contributed by atoms with van der Waals surface area (Å²) in [6.45, 7) is 0.171. The molecule has 1 saturated carbocycles. The number of carbonyl (C=O) groups is 2. The Morgan fingerprint density at radius 2 is 1.77 bits per heavy atom. The number of carbonyl (C=O) groups excluding carboxylic acids is 1. The Morgan fingerprint density at radius 3 is 2.50 bits per heavy atom. The highest BCUT2D eigenvalue weighted by Gasteiger charge is 2.17. The molecule has 0 spiro atoms. The molecule has 3 rings (SSSR count). The topological polar surface area (TPSA) is 84.9 Å². The maximum Gasteiger partial charge on any atom is 0.336 e. The summed E-state index contributed by atoms with van der Waals surface area (Å²) in [4.78, 5) is 23.6. The molecule has 1 fully saturated rings. The summed E-state index contributed by atoms with van der Waals surface area (Å²) in [6, 6.07) is 13.0. The molecule has 0 bridgehead atoms. The van der Waals surface area contributed by atoms with Gasteiger partial charge in [0.2, 0.25) is 0 Å². The molecule has 2 aromatic carbocycles. The average Bonchev–Trinajstić information content (AvgIpc) is 3.15. The van der Waals surface area contributed by atoms with Gasteiger partial charge in [-0.1, -0.05) is 31.0 Å². The number of ether oxygens (including phenoxy) is 2. The number of aromatic carboxylic acids is 1. The molecule has 0 aliphatic heterocycles. The van der Waals surface area contributed by atoms with Crippen LogP contribution in [-0.2, 0) is 4.74 Å². The zero-order valence-electron chi connectivity index (χ0n) is 14.3. The first-order valence-electron chi connectivity index (χ1n) is 8.61. The minimum atomic E-state index is -1.14. The number of carboxylic acids is 1. The average molecular weight is 355 g/mol. The fourth-order valence-electron chi connectivity index (χ4n) is 2.98. The van der Waals surface area contributed by atoms with Crippen LogP contribution in [0.3, 0.4) is 0 Å². The van der Waals surface area contributed by atoms with Crippen molar-refractivity contribution >= 4 is 17.6 Å². The maximum absolute atomic E-state index is 12.4. The molecule has 0 aromatic heterocycles. The van der Waals surface area contributed by atoms with Gasteiger partial charge >= 0.3 is 5.97 Å². The lowest BCUT2D eigenvalue weighted by Gasteiger charge is -2.13. The Morgan fingerprint density at radius 1 is 1.04 bits per heavy atom. The second kappa shape index (κ2) is 8.49. The second-order valence-corrected chi connectivity index (χ2v) is 6.17. The van der Waals surface area contributed by atoms with Crippen LogP contribution in [0.1, 0.15) is 46.4 Å². The Kier molecular flexibility index (Phi) is 5.86. The number of carboxylic acid groups (broad SMARTS) is 1. The van der Waals surface area contributed by atoms with Gasteiger partial charge in [-0.2, -0.15) is 0 Å². The van der Waals surface area contributed by atoms with E-state index >= 15 is 0 Å². The predicted octanol–water partition coefficient (Wildman–Crippen LogP) is 3.93. The van der Waals surface area contributed by atoms with Crippen molar-refractivity contribution in [3.63, 3.8) is 0 Å². The molecule has 1 amide bonds. The van der Waals surface area contributed by atoms with Gasteiger partial charge in [0.1, 0.15) is 5.75 Å². The van der Waals surface area contributed by atoms with E-state index in [1.807, 2.05) is 0 Å². The highest BCUT2D eigenvalue weighted by Crippen LogP contribution is 2.22. The summed E-state index contributed by atoms with van der Waals surface area (Å²) in [6.07, 6.45) is 4.81. The monoisotopic (exact) mass is 355 g/mol. The summed E-state index contributed by atoms with van der Waals surface area (Å²) in [5, 5.41) is 11.9. The molecule has 6 nitrogen and oxygen atoms in total. The molecule has 136 valence electrons. The van der Waals surface area contributed by atoms with Crippen LogP contribution in [0.15, 0.2) is 48.5 Å². The van der Waals surface area contributed by atoms with Crippen LogP contribution < -0.4 is 10.1 Å². The molecule has 1 aliphatic rings. The van der Waals surface area contributed by atoms with E-state index in [0.29, 0.717) is 11.4 Å². The summed E-state index contributed by atoms with van der Waals surface area (Å²) in [5.41, 5.74) is 0.590. The van der Waals surface area contributed by atoms with Crippen molar-refractivity contribution in [2.75, 3.05) is 12.1 Å². The minimum Gasteiger partial charge on any atom is -0.478 e. The Hall–Kier alpha value is -2.86. The van der Waals surface area contributed by atoms with Gasteiger partial charge in [0.15, 0.2) is 6.79 Å². The van der Waals surface area contributed by atoms with Gasteiger partial charge in [-0.3, -0.25) is 4.79 Å². The molecule has 6 heteroatoms. The fourth-order valence-corrected chi connectivity index (χ4v) is 2.98. The van der Waals surface area contributed by atoms with E-state index < -0.39 is 11.9 Å². The van der Waals surface area contributed by atoms with Gasteiger partial charge in [0, 0.05) is 11.8 Å². The van der Waals surface area contributed by atoms with E-state index in [2.05, 4.69) is 5.32 Å². The van der Waals surface area contributed by atoms with E-state index in [9.17, 15) is 14.7 Å². The maximum atomic E-state index is 12.4. The Bertz CT molecular complexity index is 783. The van der Waals surface area contributed by atoms with Crippen molar-refractivity contribution in [2.24, 2.45) is 0 Å². The largest absolute Gasteiger partial charge is 0.478 e. The zero-order chi connectivity index (χ0) is 18.4. The standard InChI is InChI=1S/C20H21NO5/c22-19(17-10-3-4-11-18(17)20(23)24)21-14-6-5-9-16(12-14)26-13-25-15-7-1-2-8-15/h3-6,9-12,15H,1-2,7-8,13H2,(H,21,22)(H,23,24). The molecule has 0 unspecified atom stereocenters. The van der Waals surface area contributed by atoms with Crippen LogP contribution in [0.2, 0.25) is 0 Å². The molecule has 0 atom stereocenters. The molecule has 26 heavy (non-hydrogen) atoms. The minimum absolute atomic E-state index is 0.0395. The molecule has 0 radical (unpaired) electrons. The van der Waals surface area contributed by atoms with Crippen LogP contribution >= 0.6 is 0 Å². The molecule has 1 aliphatic carbocycles. The highest BCUT2D eigenvalue weighted by atomic mass is 16.7. The number of nitrogens with one attached hydrogen (secondary N) is 1. The summed E-state index contributed by atoms with van der Waals surface area (Å²) >= 11 is 0. The molecule has 2 N–H and O–H groups in total. The van der Waals surface area contributed by atoms with Crippen LogP contribution in [-0.4, -0.2) is 29.9 Å². The smallest absolute Gasteiger partial charge is 0.336 e. The molecular formula is C20H21NO5. The first-order chi connectivity index (χ1) is 12.6. The highest BCUT2D eigenvalue weighted by molar-refractivity contribution is 6.10. The van der Waals surface area contributed by atoms with Crippen LogP contribution in [0.25, 0.3) is 0 Å². The van der Waals surface area contributed by atoms with Crippen LogP contribution in [0, 0.1) is 0 Å². The number of hydrogen-bond acceptors (Lipinski definition) is 4. The van der Waals surface area contributed by atoms with Gasteiger partial charge in [-0.05, 0) is 37.1 Å². The SMILES string of the molecule is O=C(O)c1ccccc1C(=O)Nc1cccc(OCOC2CCCC2)c1. The van der Waals surface area contributed by atoms with E-state index in [4.69, 9.17) is 9.47 Å². The van der Waals surface area contributed by atoms with Gasteiger partial charge < -0.3 is 19.9 Å². The number of hydrogen-bond donors (Lipinski definition) is 2. The van der Waals surface area contributed by atoms with Crippen molar-refractivity contribution in [1.82, 2.24) is 0 Å². The Balaban J connectivity index is 1.61. The van der Waals surface area contributed by atoms with E-state index in [1.165, 1.54) is 25.0 Å². The normalized spacial score (nSPS) is 14.2. The van der Waals surface area contributed by atoms with Gasteiger partial charge in [0.25, 0.3) is 5.91 Å². The fraction of sp³-hybridized carbons (Fsp3) is 0.300.